The van der Waals surface area contributed by atoms with E-state index in [1.165, 1.54) is 17.8 Å². The first-order chi connectivity index (χ1) is 9.75. The molecular weight excluding hydrogens is 274 g/mol. The van der Waals surface area contributed by atoms with Gasteiger partial charge in [-0.1, -0.05) is 13.8 Å². The average Bonchev–Trinajstić information content (AvgIpc) is 2.40. The second kappa shape index (κ2) is 5.16. The lowest BCUT2D eigenvalue weighted by Gasteiger charge is -2.14. The highest BCUT2D eigenvalue weighted by Crippen LogP contribution is 2.16. The monoisotopic (exact) mass is 291 g/mol. The number of carboxylic acids is 1. The first-order valence-corrected chi connectivity index (χ1v) is 6.58. The third-order valence-corrected chi connectivity index (χ3v) is 3.39. The van der Waals surface area contributed by atoms with E-state index in [1.54, 1.807) is 6.92 Å². The van der Waals surface area contributed by atoms with Crippen LogP contribution in [0.4, 0.5) is 0 Å². The Balaban J connectivity index is 3.01. The molecule has 0 amide bonds. The number of hydrogen-bond acceptors (Lipinski definition) is 4. The van der Waals surface area contributed by atoms with Gasteiger partial charge in [-0.2, -0.15) is 0 Å². The Kier molecular flexibility index (Phi) is 3.67. The fourth-order valence-corrected chi connectivity index (χ4v) is 2.32. The molecule has 0 spiro atoms. The first kappa shape index (κ1) is 15.0. The zero-order valence-electron chi connectivity index (χ0n) is 12.4. The van der Waals surface area contributed by atoms with E-state index < -0.39 is 17.2 Å². The molecule has 2 aromatic heterocycles. The van der Waals surface area contributed by atoms with Gasteiger partial charge < -0.3 is 5.11 Å². The minimum absolute atomic E-state index is 0.0330. The van der Waals surface area contributed by atoms with E-state index in [1.807, 2.05) is 13.8 Å². The lowest BCUT2D eigenvalue weighted by Crippen LogP contribution is -2.39. The smallest absolute Gasteiger partial charge is 0.337 e. The van der Waals surface area contributed by atoms with E-state index in [2.05, 4.69) is 4.98 Å². The Bertz CT molecular complexity index is 846. The van der Waals surface area contributed by atoms with Crippen molar-refractivity contribution in [1.29, 1.82) is 0 Å². The van der Waals surface area contributed by atoms with Gasteiger partial charge in [-0.15, -0.1) is 0 Å². The van der Waals surface area contributed by atoms with E-state index >= 15 is 0 Å². The highest BCUT2D eigenvalue weighted by molar-refractivity contribution is 5.94. The summed E-state index contributed by atoms with van der Waals surface area (Å²) in [6, 6.07) is 0. The lowest BCUT2D eigenvalue weighted by atomic mass is 10.1. The fourth-order valence-electron chi connectivity index (χ4n) is 2.32. The van der Waals surface area contributed by atoms with Gasteiger partial charge in [0.2, 0.25) is 0 Å². The second-order valence-electron chi connectivity index (χ2n) is 5.45. The van der Waals surface area contributed by atoms with Crippen LogP contribution in [0.1, 0.15) is 29.8 Å². The van der Waals surface area contributed by atoms with Gasteiger partial charge in [0.25, 0.3) is 5.56 Å². The van der Waals surface area contributed by atoms with E-state index in [4.69, 9.17) is 5.11 Å². The number of hydrogen-bond donors (Lipinski definition) is 1. The predicted octanol–water partition coefficient (Wildman–Crippen LogP) is 0.758. The SMILES string of the molecule is Cc1c(C(=O)O)cnc2c1c(=O)n(C)c(=O)n2CC(C)C. The van der Waals surface area contributed by atoms with Crippen LogP contribution in [0.2, 0.25) is 0 Å². The maximum absolute atomic E-state index is 12.3. The molecule has 7 heteroatoms. The van der Waals surface area contributed by atoms with E-state index in [-0.39, 0.29) is 22.5 Å². The number of pyridine rings is 1. The van der Waals surface area contributed by atoms with Crippen LogP contribution in [0.25, 0.3) is 11.0 Å². The number of aryl methyl sites for hydroxylation is 1. The van der Waals surface area contributed by atoms with Crippen LogP contribution < -0.4 is 11.2 Å². The van der Waals surface area contributed by atoms with Gasteiger partial charge >= 0.3 is 11.7 Å². The van der Waals surface area contributed by atoms with Crippen molar-refractivity contribution in [2.24, 2.45) is 13.0 Å². The molecule has 0 atom stereocenters. The number of rotatable bonds is 3. The Labute approximate surface area is 120 Å². The van der Waals surface area contributed by atoms with Gasteiger partial charge in [0.15, 0.2) is 0 Å². The van der Waals surface area contributed by atoms with Crippen molar-refractivity contribution in [3.05, 3.63) is 38.2 Å². The highest BCUT2D eigenvalue weighted by atomic mass is 16.4. The largest absolute Gasteiger partial charge is 0.478 e. The normalized spacial score (nSPS) is 11.3. The second-order valence-corrected chi connectivity index (χ2v) is 5.45. The number of carboxylic acid groups (broad SMARTS) is 1. The minimum Gasteiger partial charge on any atom is -0.478 e. The zero-order chi connectivity index (χ0) is 15.9. The molecular formula is C14H17N3O4. The van der Waals surface area contributed by atoms with Gasteiger partial charge in [-0.3, -0.25) is 13.9 Å². The standard InChI is InChI=1S/C14H17N3O4/c1-7(2)6-17-11-10(12(18)16(4)14(17)21)8(3)9(5-15-11)13(19)20/h5,7H,6H2,1-4H3,(H,19,20). The quantitative estimate of drug-likeness (QED) is 0.901. The fraction of sp³-hybridized carbons (Fsp3) is 0.429. The third kappa shape index (κ3) is 2.35. The van der Waals surface area contributed by atoms with Gasteiger partial charge in [0, 0.05) is 19.8 Å². The van der Waals surface area contributed by atoms with E-state index in [0.29, 0.717) is 12.1 Å². The molecule has 0 saturated heterocycles. The molecule has 7 nitrogen and oxygen atoms in total. The maximum Gasteiger partial charge on any atom is 0.337 e. The number of aromatic nitrogens is 3. The minimum atomic E-state index is -1.15. The third-order valence-electron chi connectivity index (χ3n) is 3.39. The molecule has 2 aromatic rings. The molecule has 2 heterocycles. The van der Waals surface area contributed by atoms with Crippen LogP contribution in [0, 0.1) is 12.8 Å². The van der Waals surface area contributed by atoms with Crippen molar-refractivity contribution in [1.82, 2.24) is 14.1 Å². The number of fused-ring (bicyclic) bond motifs is 1. The van der Waals surface area contributed by atoms with E-state index in [9.17, 15) is 14.4 Å². The Morgan fingerprint density at radius 2 is 2.00 bits per heavy atom. The molecule has 0 aliphatic rings. The first-order valence-electron chi connectivity index (χ1n) is 6.58. The van der Waals surface area contributed by atoms with Crippen molar-refractivity contribution in [3.8, 4) is 0 Å². The summed E-state index contributed by atoms with van der Waals surface area (Å²) < 4.78 is 2.41. The molecule has 2 rings (SSSR count). The number of carbonyl (C=O) groups is 1. The summed E-state index contributed by atoms with van der Waals surface area (Å²) in [5.74, 6) is -0.963. The van der Waals surface area contributed by atoms with Crippen molar-refractivity contribution in [2.75, 3.05) is 0 Å². The Morgan fingerprint density at radius 3 is 2.52 bits per heavy atom. The molecule has 0 bridgehead atoms. The summed E-state index contributed by atoms with van der Waals surface area (Å²) in [5, 5.41) is 9.32. The van der Waals surface area contributed by atoms with Crippen molar-refractivity contribution in [3.63, 3.8) is 0 Å². The topological polar surface area (TPSA) is 94.2 Å². The average molecular weight is 291 g/mol. The van der Waals surface area contributed by atoms with Crippen LogP contribution >= 0.6 is 0 Å². The zero-order valence-corrected chi connectivity index (χ0v) is 12.4. The summed E-state index contributed by atoms with van der Waals surface area (Å²) in [7, 11) is 1.38. The molecule has 0 fully saturated rings. The van der Waals surface area contributed by atoms with Gasteiger partial charge in [0.1, 0.15) is 5.65 Å². The van der Waals surface area contributed by atoms with Gasteiger partial charge in [0.05, 0.1) is 10.9 Å². The Morgan fingerprint density at radius 1 is 1.38 bits per heavy atom. The van der Waals surface area contributed by atoms with Gasteiger partial charge in [-0.25, -0.2) is 14.6 Å². The highest BCUT2D eigenvalue weighted by Gasteiger charge is 2.19. The summed E-state index contributed by atoms with van der Waals surface area (Å²) >= 11 is 0. The summed E-state index contributed by atoms with van der Waals surface area (Å²) in [5.41, 5.74) is -0.446. The van der Waals surface area contributed by atoms with Crippen molar-refractivity contribution >= 4 is 17.0 Å². The van der Waals surface area contributed by atoms with Crippen LogP contribution in [0.15, 0.2) is 15.8 Å². The summed E-state index contributed by atoms with van der Waals surface area (Å²) in [6.45, 7) is 5.85. The van der Waals surface area contributed by atoms with Crippen molar-refractivity contribution < 1.29 is 9.90 Å². The molecule has 21 heavy (non-hydrogen) atoms. The molecule has 1 N–H and O–H groups in total. The Hall–Kier alpha value is -2.44. The molecule has 0 aliphatic carbocycles. The summed E-state index contributed by atoms with van der Waals surface area (Å²) in [4.78, 5) is 39.8. The molecule has 0 aromatic carbocycles. The lowest BCUT2D eigenvalue weighted by molar-refractivity contribution is 0.0696. The van der Waals surface area contributed by atoms with Crippen LogP contribution in [-0.2, 0) is 13.6 Å². The van der Waals surface area contributed by atoms with Crippen LogP contribution in [0.5, 0.6) is 0 Å². The van der Waals surface area contributed by atoms with E-state index in [0.717, 1.165) is 4.57 Å². The number of aromatic carboxylic acids is 1. The number of nitrogens with zero attached hydrogens (tertiary/aromatic N) is 3. The maximum atomic E-state index is 12.3. The van der Waals surface area contributed by atoms with Crippen molar-refractivity contribution in [2.45, 2.75) is 27.3 Å². The van der Waals surface area contributed by atoms with Crippen LogP contribution in [0.3, 0.4) is 0 Å². The van der Waals surface area contributed by atoms with Gasteiger partial charge in [-0.05, 0) is 18.4 Å². The molecule has 0 radical (unpaired) electrons. The summed E-state index contributed by atoms with van der Waals surface area (Å²) in [6.07, 6.45) is 1.19. The molecule has 0 saturated carbocycles. The predicted molar refractivity (Wildman–Crippen MR) is 77.8 cm³/mol. The molecule has 0 aliphatic heterocycles. The molecule has 0 unspecified atom stereocenters. The van der Waals surface area contributed by atoms with Crippen LogP contribution in [-0.4, -0.2) is 25.2 Å². The molecule has 112 valence electrons.